The van der Waals surface area contributed by atoms with Gasteiger partial charge in [-0.3, -0.25) is 0 Å². The molecule has 0 saturated heterocycles. The summed E-state index contributed by atoms with van der Waals surface area (Å²) < 4.78 is 43.4. The molecule has 0 aliphatic carbocycles. The highest BCUT2D eigenvalue weighted by atomic mass is 35.5. The fraction of sp³-hybridized carbons (Fsp3) is 0. The first-order valence-corrected chi connectivity index (χ1v) is 7.53. The number of hydrogen-bond donors (Lipinski definition) is 0. The molecule has 0 aliphatic rings. The van der Waals surface area contributed by atoms with E-state index in [4.69, 9.17) is 11.6 Å². The van der Waals surface area contributed by atoms with Crippen LogP contribution in [0.1, 0.15) is 0 Å². The average molecular weight is 361 g/mol. The van der Waals surface area contributed by atoms with E-state index in [-0.39, 0.29) is 16.5 Å². The number of fused-ring (bicyclic) bond motifs is 1. The molecule has 2 heterocycles. The van der Waals surface area contributed by atoms with Gasteiger partial charge >= 0.3 is 0 Å². The Morgan fingerprint density at radius 3 is 2.28 bits per heavy atom. The lowest BCUT2D eigenvalue weighted by molar-refractivity contribution is 0.548. The highest BCUT2D eigenvalue weighted by molar-refractivity contribution is 6.33. The van der Waals surface area contributed by atoms with Crippen LogP contribution in [0.3, 0.4) is 0 Å². The fourth-order valence-electron chi connectivity index (χ4n) is 2.68. The smallest absolute Gasteiger partial charge is 0.207 e. The maximum absolute atomic E-state index is 14.4. The zero-order valence-electron chi connectivity index (χ0n) is 12.4. The van der Waals surface area contributed by atoms with Crippen LogP contribution in [0.15, 0.2) is 48.8 Å². The Morgan fingerprint density at radius 1 is 0.920 bits per heavy atom. The van der Waals surface area contributed by atoms with Crippen LogP contribution < -0.4 is 0 Å². The highest BCUT2D eigenvalue weighted by Gasteiger charge is 2.24. The number of rotatable bonds is 2. The van der Waals surface area contributed by atoms with Crippen molar-refractivity contribution in [3.63, 3.8) is 0 Å². The molecule has 0 fully saturated rings. The van der Waals surface area contributed by atoms with E-state index in [0.717, 1.165) is 0 Å². The topological polar surface area (TPSA) is 43.1 Å². The van der Waals surface area contributed by atoms with Gasteiger partial charge in [-0.15, -0.1) is 0 Å². The first-order valence-electron chi connectivity index (χ1n) is 7.16. The Bertz CT molecular complexity index is 1070. The molecule has 0 bridgehead atoms. The van der Waals surface area contributed by atoms with Gasteiger partial charge < -0.3 is 0 Å². The second-order valence-corrected chi connectivity index (χ2v) is 5.57. The zero-order valence-corrected chi connectivity index (χ0v) is 13.2. The molecule has 0 spiro atoms. The Hall–Kier alpha value is -2.93. The third-order valence-corrected chi connectivity index (χ3v) is 3.96. The van der Waals surface area contributed by atoms with Gasteiger partial charge in [-0.05, 0) is 0 Å². The largest absolute Gasteiger partial charge is 0.254 e. The van der Waals surface area contributed by atoms with Crippen LogP contribution in [0.2, 0.25) is 5.15 Å². The summed E-state index contributed by atoms with van der Waals surface area (Å²) in [6.07, 6.45) is 1.26. The van der Waals surface area contributed by atoms with Crippen LogP contribution in [0.5, 0.6) is 0 Å². The maximum Gasteiger partial charge on any atom is 0.254 e. The minimum Gasteiger partial charge on any atom is -0.207 e. The van der Waals surface area contributed by atoms with Crippen LogP contribution >= 0.6 is 11.6 Å². The molecule has 0 aliphatic heterocycles. The molecule has 0 unspecified atom stereocenters. The van der Waals surface area contributed by atoms with Crippen molar-refractivity contribution >= 4 is 17.4 Å². The molecule has 4 aromatic rings. The molecule has 0 atom stereocenters. The van der Waals surface area contributed by atoms with E-state index >= 15 is 0 Å². The lowest BCUT2D eigenvalue weighted by Gasteiger charge is -2.14. The van der Waals surface area contributed by atoms with Gasteiger partial charge in [0.05, 0.1) is 16.8 Å². The minimum atomic E-state index is -1.09. The van der Waals surface area contributed by atoms with Gasteiger partial charge in [0.25, 0.3) is 5.78 Å². The molecule has 124 valence electrons. The summed E-state index contributed by atoms with van der Waals surface area (Å²) in [4.78, 5) is 8.00. The standard InChI is InChI=1S/C17H8ClF3N4/c18-16-14(13-11(20)6-10(19)7-12(13)21)15(9-4-2-1-3-5-9)25-17(24-16)22-8-23-25/h1-8H. The number of aromatic nitrogens is 4. The Kier molecular flexibility index (Phi) is 3.65. The molecule has 8 heteroatoms. The van der Waals surface area contributed by atoms with Crippen molar-refractivity contribution in [2.75, 3.05) is 0 Å². The Morgan fingerprint density at radius 2 is 1.60 bits per heavy atom. The summed E-state index contributed by atoms with van der Waals surface area (Å²) in [6, 6.07) is 9.96. The fourth-order valence-corrected chi connectivity index (χ4v) is 2.94. The van der Waals surface area contributed by atoms with E-state index in [1.165, 1.54) is 10.8 Å². The van der Waals surface area contributed by atoms with E-state index in [9.17, 15) is 13.2 Å². The first-order chi connectivity index (χ1) is 12.1. The van der Waals surface area contributed by atoms with Crippen molar-refractivity contribution in [1.82, 2.24) is 19.6 Å². The maximum atomic E-state index is 14.4. The van der Waals surface area contributed by atoms with E-state index in [0.29, 0.717) is 23.4 Å². The van der Waals surface area contributed by atoms with E-state index in [1.54, 1.807) is 30.3 Å². The molecular weight excluding hydrogens is 353 g/mol. The number of nitrogens with zero attached hydrogens (tertiary/aromatic N) is 4. The summed E-state index contributed by atoms with van der Waals surface area (Å²) in [6.45, 7) is 0. The monoisotopic (exact) mass is 360 g/mol. The minimum absolute atomic E-state index is 0.0270. The SMILES string of the molecule is Fc1cc(F)c(-c2c(Cl)nc3ncnn3c2-c2ccccc2)c(F)c1. The van der Waals surface area contributed by atoms with Crippen molar-refractivity contribution in [3.8, 4) is 22.4 Å². The van der Waals surface area contributed by atoms with Crippen LogP contribution in [-0.2, 0) is 0 Å². The number of benzene rings is 2. The summed E-state index contributed by atoms with van der Waals surface area (Å²) in [5, 5.41) is 3.90. The molecule has 0 N–H and O–H groups in total. The Labute approximate surface area is 144 Å². The molecule has 4 nitrogen and oxygen atoms in total. The normalized spacial score (nSPS) is 11.2. The highest BCUT2D eigenvalue weighted by Crippen LogP contribution is 2.39. The van der Waals surface area contributed by atoms with Gasteiger partial charge in [-0.2, -0.15) is 19.6 Å². The number of halogens is 4. The van der Waals surface area contributed by atoms with Gasteiger partial charge in [-0.25, -0.2) is 13.2 Å². The second kappa shape index (κ2) is 5.86. The van der Waals surface area contributed by atoms with E-state index in [1.807, 2.05) is 0 Å². The molecule has 0 saturated carbocycles. The van der Waals surface area contributed by atoms with Gasteiger partial charge in [0.2, 0.25) is 0 Å². The van der Waals surface area contributed by atoms with Gasteiger partial charge in [0.1, 0.15) is 28.9 Å². The molecule has 4 rings (SSSR count). The number of hydrogen-bond acceptors (Lipinski definition) is 3. The van der Waals surface area contributed by atoms with Gasteiger partial charge in [0, 0.05) is 17.7 Å². The Balaban J connectivity index is 2.17. The van der Waals surface area contributed by atoms with Gasteiger partial charge in [-0.1, -0.05) is 41.9 Å². The molecule has 2 aromatic heterocycles. The van der Waals surface area contributed by atoms with Gasteiger partial charge in [0.15, 0.2) is 0 Å². The summed E-state index contributed by atoms with van der Waals surface area (Å²) in [5.74, 6) is -3.02. The van der Waals surface area contributed by atoms with Crippen molar-refractivity contribution in [3.05, 3.63) is 71.4 Å². The van der Waals surface area contributed by atoms with E-state index < -0.39 is 23.0 Å². The summed E-state index contributed by atoms with van der Waals surface area (Å²) in [5.41, 5.74) is 0.397. The van der Waals surface area contributed by atoms with Crippen LogP contribution in [-0.4, -0.2) is 19.6 Å². The average Bonchev–Trinajstić information content (AvgIpc) is 3.02. The quantitative estimate of drug-likeness (QED) is 0.493. The summed E-state index contributed by atoms with van der Waals surface area (Å²) in [7, 11) is 0. The predicted molar refractivity (Wildman–Crippen MR) is 86.5 cm³/mol. The van der Waals surface area contributed by atoms with Crippen LogP contribution in [0.4, 0.5) is 13.2 Å². The second-order valence-electron chi connectivity index (χ2n) is 5.21. The first kappa shape index (κ1) is 15.6. The molecule has 25 heavy (non-hydrogen) atoms. The molecule has 2 aromatic carbocycles. The van der Waals surface area contributed by atoms with Crippen molar-refractivity contribution in [1.29, 1.82) is 0 Å². The predicted octanol–water partition coefficient (Wildman–Crippen LogP) is 4.53. The molecular formula is C17H8ClF3N4. The third-order valence-electron chi connectivity index (χ3n) is 3.69. The molecule has 0 radical (unpaired) electrons. The van der Waals surface area contributed by atoms with Crippen molar-refractivity contribution in [2.24, 2.45) is 0 Å². The third kappa shape index (κ3) is 2.53. The summed E-state index contributed by atoms with van der Waals surface area (Å²) >= 11 is 6.21. The lowest BCUT2D eigenvalue weighted by atomic mass is 9.99. The molecule has 0 amide bonds. The zero-order chi connectivity index (χ0) is 17.6. The van der Waals surface area contributed by atoms with Crippen LogP contribution in [0, 0.1) is 17.5 Å². The van der Waals surface area contributed by atoms with E-state index in [2.05, 4.69) is 15.1 Å². The van der Waals surface area contributed by atoms with Crippen molar-refractivity contribution in [2.45, 2.75) is 0 Å². The van der Waals surface area contributed by atoms with Crippen molar-refractivity contribution < 1.29 is 13.2 Å². The van der Waals surface area contributed by atoms with Crippen LogP contribution in [0.25, 0.3) is 28.2 Å². The lowest BCUT2D eigenvalue weighted by Crippen LogP contribution is -2.04.